The molecule has 0 atom stereocenters. The van der Waals surface area contributed by atoms with Crippen molar-refractivity contribution in [3.8, 4) is 90.6 Å². The van der Waals surface area contributed by atoms with Crippen LogP contribution in [0.1, 0.15) is 0 Å². The summed E-state index contributed by atoms with van der Waals surface area (Å²) in [7, 11) is 0. The zero-order valence-corrected chi connectivity index (χ0v) is 36.3. The van der Waals surface area contributed by atoms with E-state index in [2.05, 4.69) is 78.9 Å². The molecule has 0 aliphatic carbocycles. The zero-order chi connectivity index (χ0) is 45.0. The summed E-state index contributed by atoms with van der Waals surface area (Å²) in [4.78, 5) is 30.7. The van der Waals surface area contributed by atoms with Crippen LogP contribution in [0.15, 0.2) is 227 Å². The molecule has 8 heteroatoms. The van der Waals surface area contributed by atoms with Gasteiger partial charge in [0.2, 0.25) is 0 Å². The second-order valence-corrected chi connectivity index (χ2v) is 16.6. The molecule has 9 aromatic carbocycles. The van der Waals surface area contributed by atoms with Crippen molar-refractivity contribution in [2.24, 2.45) is 0 Å². The molecule has 0 bridgehead atoms. The molecular formula is C60H36N6O2. The predicted molar refractivity (Wildman–Crippen MR) is 271 cm³/mol. The van der Waals surface area contributed by atoms with E-state index < -0.39 is 0 Å². The third kappa shape index (κ3) is 6.87. The fourth-order valence-corrected chi connectivity index (χ4v) is 9.18. The Morgan fingerprint density at radius 1 is 0.235 bits per heavy atom. The maximum atomic E-state index is 6.87. The van der Waals surface area contributed by atoms with E-state index in [1.807, 2.05) is 140 Å². The lowest BCUT2D eigenvalue weighted by atomic mass is 9.94. The lowest BCUT2D eigenvalue weighted by molar-refractivity contribution is 0.669. The first-order valence-corrected chi connectivity index (χ1v) is 22.4. The van der Waals surface area contributed by atoms with Crippen molar-refractivity contribution in [2.45, 2.75) is 0 Å². The molecule has 0 saturated carbocycles. The molecule has 0 fully saturated rings. The van der Waals surface area contributed by atoms with Crippen LogP contribution in [0.4, 0.5) is 0 Å². The van der Waals surface area contributed by atoms with Crippen LogP contribution in [0.3, 0.4) is 0 Å². The maximum absolute atomic E-state index is 6.87. The number of nitrogens with zero attached hydrogens (tertiary/aromatic N) is 6. The third-order valence-electron chi connectivity index (χ3n) is 12.4. The zero-order valence-electron chi connectivity index (χ0n) is 36.3. The summed E-state index contributed by atoms with van der Waals surface area (Å²) in [6.45, 7) is 0. The Morgan fingerprint density at radius 3 is 1.22 bits per heavy atom. The van der Waals surface area contributed by atoms with Crippen LogP contribution < -0.4 is 0 Å². The highest BCUT2D eigenvalue weighted by Gasteiger charge is 2.22. The SMILES string of the molecule is c1ccc(-c2nc(-c3cccc(-c4cc(-c5ccccc5)c5oc6cccc(-c7nc(-c8ccccc8)nc(-c8ccccc8)n7)c6c5c4)c3)nc(-c3cccc4oc5ccccc5c34)n2)cc1. The molecule has 8 nitrogen and oxygen atoms in total. The van der Waals surface area contributed by atoms with Crippen LogP contribution in [0.5, 0.6) is 0 Å². The smallest absolute Gasteiger partial charge is 0.164 e. The second-order valence-electron chi connectivity index (χ2n) is 16.6. The van der Waals surface area contributed by atoms with Crippen LogP contribution in [0, 0.1) is 0 Å². The number of benzene rings is 9. The van der Waals surface area contributed by atoms with Crippen LogP contribution in [-0.2, 0) is 0 Å². The van der Waals surface area contributed by atoms with Crippen molar-refractivity contribution in [1.82, 2.24) is 29.9 Å². The molecule has 0 amide bonds. The summed E-state index contributed by atoms with van der Waals surface area (Å²) in [5.41, 5.74) is 12.3. The second kappa shape index (κ2) is 16.2. The van der Waals surface area contributed by atoms with E-state index >= 15 is 0 Å². The molecule has 318 valence electrons. The topological polar surface area (TPSA) is 104 Å². The van der Waals surface area contributed by atoms with Gasteiger partial charge in [0.05, 0.1) is 0 Å². The summed E-state index contributed by atoms with van der Waals surface area (Å²) in [5.74, 6) is 3.43. The Balaban J connectivity index is 1.01. The van der Waals surface area contributed by atoms with Gasteiger partial charge in [0.1, 0.15) is 22.3 Å². The minimum atomic E-state index is 0.554. The Hall–Kier alpha value is -9.40. The van der Waals surface area contributed by atoms with Gasteiger partial charge in [-0.25, -0.2) is 29.9 Å². The molecule has 68 heavy (non-hydrogen) atoms. The van der Waals surface area contributed by atoms with Gasteiger partial charge < -0.3 is 8.83 Å². The van der Waals surface area contributed by atoms with E-state index in [0.29, 0.717) is 34.9 Å². The molecule has 13 rings (SSSR count). The Labute approximate surface area is 390 Å². The summed E-state index contributed by atoms with van der Waals surface area (Å²) < 4.78 is 13.2. The molecule has 13 aromatic rings. The molecular weight excluding hydrogens is 837 g/mol. The van der Waals surface area contributed by atoms with Gasteiger partial charge in [-0.3, -0.25) is 0 Å². The average molecular weight is 873 g/mol. The fourth-order valence-electron chi connectivity index (χ4n) is 9.18. The van der Waals surface area contributed by atoms with E-state index in [1.165, 1.54) is 0 Å². The summed E-state index contributed by atoms with van der Waals surface area (Å²) >= 11 is 0. The summed E-state index contributed by atoms with van der Waals surface area (Å²) in [6, 6.07) is 73.5. The number of hydrogen-bond acceptors (Lipinski definition) is 8. The van der Waals surface area contributed by atoms with Crippen molar-refractivity contribution in [3.63, 3.8) is 0 Å². The number of para-hydroxylation sites is 1. The minimum absolute atomic E-state index is 0.554. The largest absolute Gasteiger partial charge is 0.456 e. The van der Waals surface area contributed by atoms with Gasteiger partial charge in [-0.15, -0.1) is 0 Å². The van der Waals surface area contributed by atoms with E-state index in [1.54, 1.807) is 0 Å². The lowest BCUT2D eigenvalue weighted by Crippen LogP contribution is -2.00. The van der Waals surface area contributed by atoms with Crippen molar-refractivity contribution < 1.29 is 8.83 Å². The van der Waals surface area contributed by atoms with Crippen molar-refractivity contribution in [1.29, 1.82) is 0 Å². The molecule has 4 aromatic heterocycles. The highest BCUT2D eigenvalue weighted by Crippen LogP contribution is 2.44. The van der Waals surface area contributed by atoms with Gasteiger partial charge in [-0.1, -0.05) is 182 Å². The molecule has 0 spiro atoms. The van der Waals surface area contributed by atoms with Crippen LogP contribution in [0.2, 0.25) is 0 Å². The quantitative estimate of drug-likeness (QED) is 0.149. The standard InChI is InChI=1S/C60H36N6O2/c1-5-18-37(19-6-1)47-35-43(36-48-53-46(30-17-33-51(53)68-54(47)48)60-63-55(38-20-7-2-8-21-38)61-56(64-60)39-22-9-3-10-23-39)41-26-15-27-42(34-41)58-62-57(40-24-11-4-12-25-40)65-59(66-58)45-29-16-32-50-52(45)44-28-13-14-31-49(44)67-50/h1-36H. The normalized spacial score (nSPS) is 11.5. The fraction of sp³-hybridized carbons (Fsp3) is 0. The Morgan fingerprint density at radius 2 is 0.647 bits per heavy atom. The van der Waals surface area contributed by atoms with Crippen molar-refractivity contribution in [2.75, 3.05) is 0 Å². The van der Waals surface area contributed by atoms with E-state index in [4.69, 9.17) is 38.7 Å². The van der Waals surface area contributed by atoms with Crippen LogP contribution in [0.25, 0.3) is 134 Å². The van der Waals surface area contributed by atoms with E-state index in [9.17, 15) is 0 Å². The maximum Gasteiger partial charge on any atom is 0.164 e. The van der Waals surface area contributed by atoms with Crippen molar-refractivity contribution in [3.05, 3.63) is 218 Å². The number of aromatic nitrogens is 6. The van der Waals surface area contributed by atoms with E-state index in [0.717, 1.165) is 99.5 Å². The number of hydrogen-bond donors (Lipinski definition) is 0. The molecule has 0 unspecified atom stereocenters. The monoisotopic (exact) mass is 872 g/mol. The Bertz CT molecular complexity index is 3960. The van der Waals surface area contributed by atoms with Gasteiger partial charge in [0.25, 0.3) is 0 Å². The number of fused-ring (bicyclic) bond motifs is 6. The molecule has 0 radical (unpaired) electrons. The summed E-state index contributed by atoms with van der Waals surface area (Å²) in [6.07, 6.45) is 0. The third-order valence-corrected chi connectivity index (χ3v) is 12.4. The highest BCUT2D eigenvalue weighted by atomic mass is 16.3. The van der Waals surface area contributed by atoms with Crippen LogP contribution >= 0.6 is 0 Å². The minimum Gasteiger partial charge on any atom is -0.456 e. The number of rotatable bonds is 8. The molecule has 0 saturated heterocycles. The lowest BCUT2D eigenvalue weighted by Gasteiger charge is -2.12. The first kappa shape index (κ1) is 39.0. The Kier molecular flexibility index (Phi) is 9.31. The molecule has 0 aliphatic rings. The summed E-state index contributed by atoms with van der Waals surface area (Å²) in [5, 5.41) is 3.82. The van der Waals surface area contributed by atoms with Crippen LogP contribution in [-0.4, -0.2) is 29.9 Å². The van der Waals surface area contributed by atoms with Gasteiger partial charge in [0.15, 0.2) is 34.9 Å². The van der Waals surface area contributed by atoms with Gasteiger partial charge >= 0.3 is 0 Å². The average Bonchev–Trinajstić information content (AvgIpc) is 4.00. The van der Waals surface area contributed by atoms with Gasteiger partial charge in [0, 0.05) is 60.5 Å². The van der Waals surface area contributed by atoms with Gasteiger partial charge in [-0.2, -0.15) is 0 Å². The van der Waals surface area contributed by atoms with E-state index in [-0.39, 0.29) is 0 Å². The first-order chi connectivity index (χ1) is 33.7. The van der Waals surface area contributed by atoms with Crippen molar-refractivity contribution >= 4 is 43.9 Å². The molecule has 0 aliphatic heterocycles. The number of furan rings is 2. The highest BCUT2D eigenvalue weighted by molar-refractivity contribution is 6.16. The molecule has 0 N–H and O–H groups in total. The molecule has 4 heterocycles. The van der Waals surface area contributed by atoms with Gasteiger partial charge in [-0.05, 0) is 53.1 Å². The predicted octanol–water partition coefficient (Wildman–Crippen LogP) is 15.2. The first-order valence-electron chi connectivity index (χ1n) is 22.4.